The summed E-state index contributed by atoms with van der Waals surface area (Å²) in [5.41, 5.74) is 4.00. The maximum Gasteiger partial charge on any atom is 0.255 e. The van der Waals surface area contributed by atoms with Crippen LogP contribution in [0.3, 0.4) is 0 Å². The lowest BCUT2D eigenvalue weighted by molar-refractivity contribution is -0.00545. The van der Waals surface area contributed by atoms with E-state index in [0.717, 1.165) is 35.8 Å². The number of ether oxygens (including phenoxy) is 2. The normalized spacial score (nSPS) is 18.0. The number of fused-ring (bicyclic) bond motifs is 1. The van der Waals surface area contributed by atoms with Gasteiger partial charge in [-0.3, -0.25) is 4.79 Å². The van der Waals surface area contributed by atoms with Gasteiger partial charge in [-0.2, -0.15) is 0 Å². The lowest BCUT2D eigenvalue weighted by Gasteiger charge is -2.36. The van der Waals surface area contributed by atoms with Gasteiger partial charge >= 0.3 is 0 Å². The van der Waals surface area contributed by atoms with Crippen LogP contribution in [0.25, 0.3) is 5.65 Å². The maximum absolute atomic E-state index is 12.8. The molecule has 180 valence electrons. The summed E-state index contributed by atoms with van der Waals surface area (Å²) in [4.78, 5) is 24.1. The monoisotopic (exact) mass is 471 g/mol. The Balaban J connectivity index is 1.20. The van der Waals surface area contributed by atoms with E-state index in [0.29, 0.717) is 23.6 Å². The number of hydrogen-bond acceptors (Lipinski definition) is 6. The fourth-order valence-electron chi connectivity index (χ4n) is 4.32. The number of hydrogen-bond donors (Lipinski definition) is 1. The maximum atomic E-state index is 12.8. The first-order valence-electron chi connectivity index (χ1n) is 11.8. The molecule has 8 nitrogen and oxygen atoms in total. The first-order valence-corrected chi connectivity index (χ1v) is 11.8. The molecule has 2 atom stereocenters. The summed E-state index contributed by atoms with van der Waals surface area (Å²) in [6.07, 6.45) is 5.98. The molecule has 0 radical (unpaired) electrons. The Morgan fingerprint density at radius 1 is 1.11 bits per heavy atom. The molecule has 1 fully saturated rings. The van der Waals surface area contributed by atoms with Crippen molar-refractivity contribution in [3.8, 4) is 5.75 Å². The molecule has 1 amide bonds. The standard InChI is InChI=1S/C27H29N5O3/c1-18-7-9-26-29-23(16-31(26)13-18)17-34-24-6-4-5-21(11-24)27(33)30-22-8-10-25(28-12-22)32-14-19(2)35-20(3)15-32/h4-13,16,19-20H,14-15,17H2,1-3H3,(H,30,33). The summed E-state index contributed by atoms with van der Waals surface area (Å²) in [6.45, 7) is 8.08. The van der Waals surface area contributed by atoms with Crippen LogP contribution in [0, 0.1) is 6.92 Å². The van der Waals surface area contributed by atoms with Crippen LogP contribution >= 0.6 is 0 Å². The van der Waals surface area contributed by atoms with E-state index < -0.39 is 0 Å². The van der Waals surface area contributed by atoms with Gasteiger partial charge in [0.15, 0.2) is 0 Å². The fraction of sp³-hybridized carbons (Fsp3) is 0.296. The molecule has 1 aromatic carbocycles. The Kier molecular flexibility index (Phi) is 6.37. The quantitative estimate of drug-likeness (QED) is 0.447. The molecule has 1 aliphatic rings. The molecule has 35 heavy (non-hydrogen) atoms. The highest BCUT2D eigenvalue weighted by atomic mass is 16.5. The SMILES string of the molecule is Cc1ccc2nc(COc3cccc(C(=O)Nc4ccc(N5CC(C)OC(C)C5)nc4)c3)cn2c1. The number of rotatable bonds is 6. The number of carbonyl (C=O) groups excluding carboxylic acids is 1. The highest BCUT2D eigenvalue weighted by Crippen LogP contribution is 2.21. The number of aryl methyl sites for hydroxylation is 1. The third-order valence-electron chi connectivity index (χ3n) is 5.88. The first-order chi connectivity index (χ1) is 16.9. The predicted molar refractivity (Wildman–Crippen MR) is 135 cm³/mol. The largest absolute Gasteiger partial charge is 0.487 e. The van der Waals surface area contributed by atoms with Crippen LogP contribution in [0.1, 0.15) is 35.5 Å². The number of imidazole rings is 1. The van der Waals surface area contributed by atoms with Crippen LogP contribution in [0.2, 0.25) is 0 Å². The Morgan fingerprint density at radius 3 is 2.71 bits per heavy atom. The molecule has 0 spiro atoms. The van der Waals surface area contributed by atoms with Crippen LogP contribution in [0.4, 0.5) is 11.5 Å². The zero-order valence-electron chi connectivity index (χ0n) is 20.1. The second-order valence-electron chi connectivity index (χ2n) is 9.04. The Morgan fingerprint density at radius 2 is 1.94 bits per heavy atom. The molecule has 1 N–H and O–H groups in total. The van der Waals surface area contributed by atoms with Gasteiger partial charge in [0.05, 0.1) is 29.8 Å². The van der Waals surface area contributed by atoms with Crippen molar-refractivity contribution in [2.24, 2.45) is 0 Å². The van der Waals surface area contributed by atoms with Gasteiger partial charge in [0, 0.05) is 31.0 Å². The smallest absolute Gasteiger partial charge is 0.255 e. The molecule has 8 heteroatoms. The molecule has 5 rings (SSSR count). The molecule has 1 saturated heterocycles. The second-order valence-corrected chi connectivity index (χ2v) is 9.04. The van der Waals surface area contributed by atoms with Crippen molar-refractivity contribution < 1.29 is 14.3 Å². The van der Waals surface area contributed by atoms with Crippen LogP contribution in [0.15, 0.2) is 67.1 Å². The van der Waals surface area contributed by atoms with Crippen molar-refractivity contribution in [2.75, 3.05) is 23.3 Å². The number of pyridine rings is 2. The summed E-state index contributed by atoms with van der Waals surface area (Å²) in [5.74, 6) is 1.26. The van der Waals surface area contributed by atoms with Crippen LogP contribution in [-0.2, 0) is 11.3 Å². The van der Waals surface area contributed by atoms with E-state index in [-0.39, 0.29) is 18.1 Å². The van der Waals surface area contributed by atoms with E-state index in [9.17, 15) is 4.79 Å². The van der Waals surface area contributed by atoms with Crippen molar-refractivity contribution in [2.45, 2.75) is 39.6 Å². The molecule has 4 aromatic rings. The summed E-state index contributed by atoms with van der Waals surface area (Å²) < 4.78 is 13.7. The molecular weight excluding hydrogens is 442 g/mol. The van der Waals surface area contributed by atoms with Crippen LogP contribution < -0.4 is 15.0 Å². The summed E-state index contributed by atoms with van der Waals surface area (Å²) in [6, 6.07) is 14.9. The molecular formula is C27H29N5O3. The second kappa shape index (κ2) is 9.76. The van der Waals surface area contributed by atoms with E-state index in [1.54, 1.807) is 24.4 Å². The van der Waals surface area contributed by atoms with Crippen LogP contribution in [0.5, 0.6) is 5.75 Å². The van der Waals surface area contributed by atoms with Gasteiger partial charge in [-0.1, -0.05) is 12.1 Å². The molecule has 0 bridgehead atoms. The van der Waals surface area contributed by atoms with Crippen molar-refractivity contribution in [1.29, 1.82) is 0 Å². The van der Waals surface area contributed by atoms with E-state index >= 15 is 0 Å². The first kappa shape index (κ1) is 22.9. The van der Waals surface area contributed by atoms with Crippen molar-refractivity contribution in [3.05, 3.63) is 83.9 Å². The van der Waals surface area contributed by atoms with Gasteiger partial charge in [-0.05, 0) is 62.7 Å². The Labute approximate surface area is 204 Å². The van der Waals surface area contributed by atoms with Gasteiger partial charge < -0.3 is 24.1 Å². The van der Waals surface area contributed by atoms with Gasteiger partial charge in [0.25, 0.3) is 5.91 Å². The predicted octanol–water partition coefficient (Wildman–Crippen LogP) is 4.48. The number of aromatic nitrogens is 3. The van der Waals surface area contributed by atoms with Crippen molar-refractivity contribution in [1.82, 2.24) is 14.4 Å². The van der Waals surface area contributed by atoms with Gasteiger partial charge in [0.2, 0.25) is 0 Å². The molecule has 0 aliphatic carbocycles. The average molecular weight is 472 g/mol. The zero-order chi connectivity index (χ0) is 24.4. The highest BCUT2D eigenvalue weighted by Gasteiger charge is 2.23. The highest BCUT2D eigenvalue weighted by molar-refractivity contribution is 6.04. The third-order valence-corrected chi connectivity index (χ3v) is 5.88. The van der Waals surface area contributed by atoms with E-state index in [1.807, 2.05) is 54.0 Å². The van der Waals surface area contributed by atoms with Gasteiger partial charge in [-0.25, -0.2) is 9.97 Å². The lowest BCUT2D eigenvalue weighted by Crippen LogP contribution is -2.45. The lowest BCUT2D eigenvalue weighted by atomic mass is 10.2. The molecule has 1 aliphatic heterocycles. The number of benzene rings is 1. The molecule has 0 saturated carbocycles. The van der Waals surface area contributed by atoms with Crippen molar-refractivity contribution in [3.63, 3.8) is 0 Å². The minimum Gasteiger partial charge on any atom is -0.487 e. The van der Waals surface area contributed by atoms with E-state index in [1.165, 1.54) is 0 Å². The number of anilines is 2. The Hall–Kier alpha value is -3.91. The number of morpholine rings is 1. The molecule has 4 heterocycles. The number of nitrogens with one attached hydrogen (secondary N) is 1. The van der Waals surface area contributed by atoms with E-state index in [4.69, 9.17) is 9.47 Å². The van der Waals surface area contributed by atoms with Crippen LogP contribution in [-0.4, -0.2) is 45.6 Å². The average Bonchev–Trinajstić information content (AvgIpc) is 3.25. The molecule has 3 aromatic heterocycles. The molecule has 2 unspecified atom stereocenters. The number of carbonyl (C=O) groups is 1. The minimum atomic E-state index is -0.221. The summed E-state index contributed by atoms with van der Waals surface area (Å²) in [5, 5.41) is 2.91. The minimum absolute atomic E-state index is 0.159. The summed E-state index contributed by atoms with van der Waals surface area (Å²) >= 11 is 0. The number of amides is 1. The third kappa shape index (κ3) is 5.44. The topological polar surface area (TPSA) is 81.0 Å². The van der Waals surface area contributed by atoms with Gasteiger partial charge in [0.1, 0.15) is 23.8 Å². The fourth-order valence-corrected chi connectivity index (χ4v) is 4.32. The Bertz CT molecular complexity index is 1320. The van der Waals surface area contributed by atoms with Gasteiger partial charge in [-0.15, -0.1) is 0 Å². The summed E-state index contributed by atoms with van der Waals surface area (Å²) in [7, 11) is 0. The number of nitrogens with zero attached hydrogens (tertiary/aromatic N) is 4. The zero-order valence-corrected chi connectivity index (χ0v) is 20.1. The van der Waals surface area contributed by atoms with Crippen molar-refractivity contribution >= 4 is 23.1 Å². The van der Waals surface area contributed by atoms with E-state index in [2.05, 4.69) is 34.0 Å².